The molecule has 0 N–H and O–H groups in total. The number of aldehydes is 1. The summed E-state index contributed by atoms with van der Waals surface area (Å²) in [7, 11) is 0. The zero-order valence-corrected chi connectivity index (χ0v) is 14.9. The lowest BCUT2D eigenvalue weighted by atomic mass is 10.1. The standard InChI is InChI=1S/C17H15N3O5S/c1-3-11-8-14(9-21)24-15(11)16-18-19-17(25-16)26-10(2)12-5-4-6-13(7-12)20(22)23/h4-10H,3H2,1-2H3. The molecule has 8 nitrogen and oxygen atoms in total. The zero-order chi connectivity index (χ0) is 18.7. The van der Waals surface area contributed by atoms with Crippen molar-refractivity contribution in [3.05, 3.63) is 57.3 Å². The van der Waals surface area contributed by atoms with Gasteiger partial charge in [0.15, 0.2) is 17.8 Å². The number of nitro benzene ring substituents is 1. The number of rotatable bonds is 7. The first-order valence-electron chi connectivity index (χ1n) is 7.84. The van der Waals surface area contributed by atoms with Crippen molar-refractivity contribution in [3.8, 4) is 11.7 Å². The number of hydrogen-bond donors (Lipinski definition) is 0. The van der Waals surface area contributed by atoms with E-state index in [0.29, 0.717) is 23.7 Å². The second kappa shape index (κ2) is 7.52. The molecule has 0 saturated heterocycles. The number of non-ortho nitro benzene ring substituents is 1. The summed E-state index contributed by atoms with van der Waals surface area (Å²) < 4.78 is 11.1. The number of carbonyl (C=O) groups is 1. The molecular formula is C17H15N3O5S. The van der Waals surface area contributed by atoms with Crippen LogP contribution in [0.2, 0.25) is 0 Å². The van der Waals surface area contributed by atoms with Gasteiger partial charge in [0.1, 0.15) is 0 Å². The van der Waals surface area contributed by atoms with Gasteiger partial charge in [0.05, 0.1) is 4.92 Å². The first-order valence-corrected chi connectivity index (χ1v) is 8.72. The fraction of sp³-hybridized carbons (Fsp3) is 0.235. The Morgan fingerprint density at radius 3 is 2.81 bits per heavy atom. The van der Waals surface area contributed by atoms with E-state index in [0.717, 1.165) is 11.1 Å². The van der Waals surface area contributed by atoms with Crippen LogP contribution in [0.4, 0.5) is 5.69 Å². The largest absolute Gasteiger partial charge is 0.448 e. The van der Waals surface area contributed by atoms with Crippen molar-refractivity contribution >= 4 is 23.7 Å². The van der Waals surface area contributed by atoms with Crippen LogP contribution in [0.1, 0.15) is 40.8 Å². The minimum atomic E-state index is -0.431. The summed E-state index contributed by atoms with van der Waals surface area (Å²) in [6.07, 6.45) is 1.28. The molecule has 134 valence electrons. The molecule has 0 bridgehead atoms. The van der Waals surface area contributed by atoms with E-state index in [-0.39, 0.29) is 22.6 Å². The maximum atomic E-state index is 10.9. The van der Waals surface area contributed by atoms with Gasteiger partial charge in [-0.1, -0.05) is 30.8 Å². The number of nitro groups is 1. The Balaban J connectivity index is 1.80. The Morgan fingerprint density at radius 2 is 2.12 bits per heavy atom. The predicted octanol–water partition coefficient (Wildman–Crippen LogP) is 4.47. The van der Waals surface area contributed by atoms with Crippen molar-refractivity contribution < 1.29 is 18.6 Å². The smallest absolute Gasteiger partial charge is 0.284 e. The van der Waals surface area contributed by atoms with Crippen LogP contribution in [0.3, 0.4) is 0 Å². The van der Waals surface area contributed by atoms with Crippen LogP contribution >= 0.6 is 11.8 Å². The number of aryl methyl sites for hydroxylation is 1. The molecule has 0 spiro atoms. The van der Waals surface area contributed by atoms with Crippen molar-refractivity contribution in [2.75, 3.05) is 0 Å². The normalized spacial score (nSPS) is 12.1. The van der Waals surface area contributed by atoms with Crippen LogP contribution < -0.4 is 0 Å². The summed E-state index contributed by atoms with van der Waals surface area (Å²) in [5.41, 5.74) is 1.62. The maximum absolute atomic E-state index is 10.9. The number of furan rings is 1. The Kier molecular flexibility index (Phi) is 5.17. The number of benzene rings is 1. The Morgan fingerprint density at radius 1 is 1.31 bits per heavy atom. The number of aromatic nitrogens is 2. The topological polar surface area (TPSA) is 112 Å². The lowest BCUT2D eigenvalue weighted by Gasteiger charge is -2.08. The molecule has 1 atom stereocenters. The Hall–Kier alpha value is -2.94. The minimum absolute atomic E-state index is 0.0331. The highest BCUT2D eigenvalue weighted by atomic mass is 32.2. The van der Waals surface area contributed by atoms with Gasteiger partial charge in [0, 0.05) is 22.9 Å². The van der Waals surface area contributed by atoms with Gasteiger partial charge >= 0.3 is 0 Å². The zero-order valence-electron chi connectivity index (χ0n) is 14.0. The second-order valence-electron chi connectivity index (χ2n) is 5.46. The molecule has 9 heteroatoms. The highest BCUT2D eigenvalue weighted by Crippen LogP contribution is 2.37. The van der Waals surface area contributed by atoms with Crippen molar-refractivity contribution in [2.24, 2.45) is 0 Å². The van der Waals surface area contributed by atoms with Gasteiger partial charge in [-0.15, -0.1) is 10.2 Å². The molecule has 1 unspecified atom stereocenters. The van der Waals surface area contributed by atoms with Gasteiger partial charge in [-0.25, -0.2) is 0 Å². The van der Waals surface area contributed by atoms with Crippen molar-refractivity contribution in [1.29, 1.82) is 0 Å². The van der Waals surface area contributed by atoms with Crippen LogP contribution in [0.5, 0.6) is 0 Å². The van der Waals surface area contributed by atoms with E-state index in [2.05, 4.69) is 10.2 Å². The Labute approximate surface area is 152 Å². The SMILES string of the molecule is CCc1cc(C=O)oc1-c1nnc(SC(C)c2cccc([N+](=O)[O-])c2)o1. The van der Waals surface area contributed by atoms with Crippen LogP contribution in [0.25, 0.3) is 11.7 Å². The van der Waals surface area contributed by atoms with E-state index in [1.54, 1.807) is 18.2 Å². The lowest BCUT2D eigenvalue weighted by molar-refractivity contribution is -0.384. The average molecular weight is 373 g/mol. The fourth-order valence-electron chi connectivity index (χ4n) is 2.41. The second-order valence-corrected chi connectivity index (χ2v) is 6.75. The van der Waals surface area contributed by atoms with Gasteiger partial charge in [-0.05, 0) is 25.0 Å². The average Bonchev–Trinajstić information content (AvgIpc) is 3.27. The van der Waals surface area contributed by atoms with Gasteiger partial charge < -0.3 is 8.83 Å². The molecule has 0 aliphatic carbocycles. The molecule has 26 heavy (non-hydrogen) atoms. The van der Waals surface area contributed by atoms with Gasteiger partial charge in [0.25, 0.3) is 16.8 Å². The molecule has 0 aliphatic rings. The van der Waals surface area contributed by atoms with Crippen LogP contribution in [0, 0.1) is 10.1 Å². The molecule has 0 amide bonds. The maximum Gasteiger partial charge on any atom is 0.284 e. The third-order valence-electron chi connectivity index (χ3n) is 3.75. The van der Waals surface area contributed by atoms with Crippen LogP contribution in [-0.4, -0.2) is 21.4 Å². The van der Waals surface area contributed by atoms with Crippen LogP contribution in [-0.2, 0) is 6.42 Å². The first-order chi connectivity index (χ1) is 12.5. The third kappa shape index (κ3) is 3.67. The first kappa shape index (κ1) is 17.9. The van der Waals surface area contributed by atoms with E-state index < -0.39 is 4.92 Å². The third-order valence-corrected chi connectivity index (χ3v) is 4.75. The molecule has 3 aromatic rings. The van der Waals surface area contributed by atoms with E-state index >= 15 is 0 Å². The van der Waals surface area contributed by atoms with E-state index in [4.69, 9.17) is 8.83 Å². The summed E-state index contributed by atoms with van der Waals surface area (Å²) >= 11 is 1.28. The van der Waals surface area contributed by atoms with Crippen molar-refractivity contribution in [2.45, 2.75) is 30.7 Å². The van der Waals surface area contributed by atoms with Crippen molar-refractivity contribution in [3.63, 3.8) is 0 Å². The van der Waals surface area contributed by atoms with Crippen molar-refractivity contribution in [1.82, 2.24) is 10.2 Å². The Bertz CT molecular complexity index is 950. The molecule has 3 rings (SSSR count). The quantitative estimate of drug-likeness (QED) is 0.258. The number of hydrogen-bond acceptors (Lipinski definition) is 8. The molecule has 0 aliphatic heterocycles. The number of thioether (sulfide) groups is 1. The molecule has 2 heterocycles. The summed E-state index contributed by atoms with van der Waals surface area (Å²) in [4.78, 5) is 21.4. The van der Waals surface area contributed by atoms with Gasteiger partial charge in [-0.3, -0.25) is 14.9 Å². The highest BCUT2D eigenvalue weighted by molar-refractivity contribution is 7.99. The predicted molar refractivity (Wildman–Crippen MR) is 94.1 cm³/mol. The van der Waals surface area contributed by atoms with E-state index in [1.165, 1.54) is 23.9 Å². The van der Waals surface area contributed by atoms with E-state index in [9.17, 15) is 14.9 Å². The molecule has 0 saturated carbocycles. The fourth-order valence-corrected chi connectivity index (χ4v) is 3.21. The molecule has 0 fully saturated rings. The number of nitrogens with zero attached hydrogens (tertiary/aromatic N) is 3. The summed E-state index contributed by atoms with van der Waals surface area (Å²) in [5.74, 6) is 0.787. The number of carbonyl (C=O) groups excluding carboxylic acids is 1. The molecule has 2 aromatic heterocycles. The lowest BCUT2D eigenvalue weighted by Crippen LogP contribution is -1.92. The minimum Gasteiger partial charge on any atom is -0.448 e. The highest BCUT2D eigenvalue weighted by Gasteiger charge is 2.20. The van der Waals surface area contributed by atoms with Gasteiger partial charge in [-0.2, -0.15) is 0 Å². The van der Waals surface area contributed by atoms with Gasteiger partial charge in [0.2, 0.25) is 0 Å². The monoisotopic (exact) mass is 373 g/mol. The molecule has 1 aromatic carbocycles. The van der Waals surface area contributed by atoms with Crippen LogP contribution in [0.15, 0.2) is 44.4 Å². The summed E-state index contributed by atoms with van der Waals surface area (Å²) in [6.45, 7) is 3.82. The summed E-state index contributed by atoms with van der Waals surface area (Å²) in [6, 6.07) is 8.05. The molecular weight excluding hydrogens is 358 g/mol. The van der Waals surface area contributed by atoms with E-state index in [1.807, 2.05) is 13.8 Å². The molecule has 0 radical (unpaired) electrons. The summed E-state index contributed by atoms with van der Waals surface area (Å²) in [5, 5.41) is 19.1.